The fourth-order valence-corrected chi connectivity index (χ4v) is 3.66. The van der Waals surface area contributed by atoms with Gasteiger partial charge in [0.1, 0.15) is 0 Å². The minimum Gasteiger partial charge on any atom is -0.481 e. The molecule has 2 aliphatic heterocycles. The molecular weight excluding hydrogens is 346 g/mol. The van der Waals surface area contributed by atoms with Gasteiger partial charge in [-0.1, -0.05) is 12.8 Å². The largest absolute Gasteiger partial charge is 0.481 e. The molecule has 2 heterocycles. The summed E-state index contributed by atoms with van der Waals surface area (Å²) in [6.07, 6.45) is 4.88. The predicted molar refractivity (Wildman–Crippen MR) is 102 cm³/mol. The van der Waals surface area contributed by atoms with E-state index >= 15 is 0 Å². The summed E-state index contributed by atoms with van der Waals surface area (Å²) in [4.78, 5) is 39.7. The molecule has 0 aromatic heterocycles. The fourth-order valence-electron chi connectivity index (χ4n) is 3.66. The topological polar surface area (TPSA) is 90.0 Å². The fraction of sp³-hybridized carbons (Fsp3) is 0.550. The highest BCUT2D eigenvalue weighted by Gasteiger charge is 2.42. The highest BCUT2D eigenvalue weighted by molar-refractivity contribution is 5.95. The molecule has 146 valence electrons. The minimum absolute atomic E-state index is 0.0338. The Hall–Kier alpha value is -2.57. The van der Waals surface area contributed by atoms with Crippen molar-refractivity contribution in [2.75, 3.05) is 31.5 Å². The average Bonchev–Trinajstić information content (AvgIpc) is 2.89. The molecule has 27 heavy (non-hydrogen) atoms. The van der Waals surface area contributed by atoms with Gasteiger partial charge in [-0.25, -0.2) is 4.79 Å². The van der Waals surface area contributed by atoms with E-state index in [-0.39, 0.29) is 18.5 Å². The molecule has 0 saturated carbocycles. The molecule has 1 atom stereocenters. The third-order valence-corrected chi connectivity index (χ3v) is 5.55. The molecule has 7 nitrogen and oxygen atoms in total. The Morgan fingerprint density at radius 1 is 0.963 bits per heavy atom. The number of carbonyl (C=O) groups is 3. The second-order valence-electron chi connectivity index (χ2n) is 7.75. The Bertz CT molecular complexity index is 710. The quantitative estimate of drug-likeness (QED) is 0.852. The number of hydrogen-bond acceptors (Lipinski definition) is 3. The number of anilines is 1. The summed E-state index contributed by atoms with van der Waals surface area (Å²) >= 11 is 0. The van der Waals surface area contributed by atoms with Crippen molar-refractivity contribution in [2.24, 2.45) is 5.41 Å². The van der Waals surface area contributed by atoms with Crippen molar-refractivity contribution in [1.29, 1.82) is 0 Å². The van der Waals surface area contributed by atoms with Gasteiger partial charge in [0.15, 0.2) is 0 Å². The second kappa shape index (κ2) is 7.98. The smallest absolute Gasteiger partial charge is 0.321 e. The molecule has 2 N–H and O–H groups in total. The van der Waals surface area contributed by atoms with Gasteiger partial charge in [0, 0.05) is 37.4 Å². The number of carboxylic acids is 1. The number of likely N-dealkylation sites (tertiary alicyclic amines) is 2. The third kappa shape index (κ3) is 4.40. The summed E-state index contributed by atoms with van der Waals surface area (Å²) in [5, 5.41) is 12.1. The van der Waals surface area contributed by atoms with Crippen LogP contribution in [-0.4, -0.2) is 59.0 Å². The number of amides is 3. The molecule has 2 saturated heterocycles. The molecule has 2 fully saturated rings. The summed E-state index contributed by atoms with van der Waals surface area (Å²) < 4.78 is 0. The van der Waals surface area contributed by atoms with Gasteiger partial charge in [-0.15, -0.1) is 0 Å². The number of nitrogens with zero attached hydrogens (tertiary/aromatic N) is 2. The number of hydrogen-bond donors (Lipinski definition) is 2. The monoisotopic (exact) mass is 373 g/mol. The van der Waals surface area contributed by atoms with Crippen LogP contribution in [0.1, 0.15) is 49.4 Å². The van der Waals surface area contributed by atoms with E-state index in [2.05, 4.69) is 5.32 Å². The zero-order valence-electron chi connectivity index (χ0n) is 15.7. The first-order valence-electron chi connectivity index (χ1n) is 9.58. The van der Waals surface area contributed by atoms with E-state index in [9.17, 15) is 19.5 Å². The number of rotatable bonds is 3. The van der Waals surface area contributed by atoms with E-state index in [0.717, 1.165) is 25.9 Å². The van der Waals surface area contributed by atoms with E-state index in [1.54, 1.807) is 31.2 Å². The van der Waals surface area contributed by atoms with Gasteiger partial charge in [0.25, 0.3) is 5.91 Å². The van der Waals surface area contributed by atoms with Crippen molar-refractivity contribution >= 4 is 23.6 Å². The first-order valence-corrected chi connectivity index (χ1v) is 9.58. The maximum Gasteiger partial charge on any atom is 0.321 e. The summed E-state index contributed by atoms with van der Waals surface area (Å²) in [5.74, 6) is -0.847. The van der Waals surface area contributed by atoms with Crippen molar-refractivity contribution in [1.82, 2.24) is 9.80 Å². The molecule has 1 unspecified atom stereocenters. The maximum absolute atomic E-state index is 12.6. The van der Waals surface area contributed by atoms with Gasteiger partial charge in [0.05, 0.1) is 5.41 Å². The lowest BCUT2D eigenvalue weighted by molar-refractivity contribution is -0.146. The van der Waals surface area contributed by atoms with Gasteiger partial charge in [-0.05, 0) is 50.5 Å². The van der Waals surface area contributed by atoms with Crippen LogP contribution in [0, 0.1) is 5.41 Å². The number of urea groups is 1. The normalized spacial score (nSPS) is 23.0. The molecular formula is C20H27N3O4. The molecule has 1 aromatic rings. The Kier molecular flexibility index (Phi) is 5.68. The van der Waals surface area contributed by atoms with Gasteiger partial charge in [-0.2, -0.15) is 0 Å². The zero-order valence-corrected chi connectivity index (χ0v) is 15.7. The van der Waals surface area contributed by atoms with E-state index in [0.29, 0.717) is 24.2 Å². The lowest BCUT2D eigenvalue weighted by atomic mass is 9.90. The lowest BCUT2D eigenvalue weighted by Crippen LogP contribution is -2.37. The molecule has 3 amide bonds. The highest BCUT2D eigenvalue weighted by Crippen LogP contribution is 2.30. The molecule has 7 heteroatoms. The standard InChI is InChI=1S/C20H27N3O4/c1-20(18(25)26)10-13-23(14-20)19(27)21-16-8-6-15(7-9-16)17(24)22-11-4-2-3-5-12-22/h6-9H,2-5,10-14H2,1H3,(H,21,27)(H,25,26). The summed E-state index contributed by atoms with van der Waals surface area (Å²) in [6.45, 7) is 3.87. The molecule has 0 radical (unpaired) electrons. The molecule has 0 spiro atoms. The van der Waals surface area contributed by atoms with Crippen LogP contribution in [0.3, 0.4) is 0 Å². The van der Waals surface area contributed by atoms with Crippen LogP contribution in [0.4, 0.5) is 10.5 Å². The van der Waals surface area contributed by atoms with Crippen molar-refractivity contribution in [2.45, 2.75) is 39.0 Å². The molecule has 2 aliphatic rings. The molecule has 3 rings (SSSR count). The van der Waals surface area contributed by atoms with Crippen LogP contribution in [0.15, 0.2) is 24.3 Å². The lowest BCUT2D eigenvalue weighted by Gasteiger charge is -2.21. The average molecular weight is 373 g/mol. The number of carbonyl (C=O) groups excluding carboxylic acids is 2. The van der Waals surface area contributed by atoms with E-state index in [1.165, 1.54) is 17.7 Å². The van der Waals surface area contributed by atoms with Crippen LogP contribution in [0.2, 0.25) is 0 Å². The maximum atomic E-state index is 12.6. The van der Waals surface area contributed by atoms with Gasteiger partial charge in [-0.3, -0.25) is 9.59 Å². The van der Waals surface area contributed by atoms with E-state index in [1.807, 2.05) is 4.90 Å². The highest BCUT2D eigenvalue weighted by atomic mass is 16.4. The van der Waals surface area contributed by atoms with Crippen LogP contribution >= 0.6 is 0 Å². The SMILES string of the molecule is CC1(C(=O)O)CCN(C(=O)Nc2ccc(C(=O)N3CCCCCC3)cc2)C1. The van der Waals surface area contributed by atoms with Crippen LogP contribution < -0.4 is 5.32 Å². The van der Waals surface area contributed by atoms with Gasteiger partial charge in [0.2, 0.25) is 0 Å². The Morgan fingerprint density at radius 2 is 1.59 bits per heavy atom. The third-order valence-electron chi connectivity index (χ3n) is 5.55. The number of nitrogens with one attached hydrogen (secondary N) is 1. The van der Waals surface area contributed by atoms with Crippen LogP contribution in [0.5, 0.6) is 0 Å². The predicted octanol–water partition coefficient (Wildman–Crippen LogP) is 3.03. The first kappa shape index (κ1) is 19.2. The van der Waals surface area contributed by atoms with Crippen molar-refractivity contribution in [3.8, 4) is 0 Å². The zero-order chi connectivity index (χ0) is 19.4. The van der Waals surface area contributed by atoms with Crippen molar-refractivity contribution < 1.29 is 19.5 Å². The molecule has 1 aromatic carbocycles. The summed E-state index contributed by atoms with van der Waals surface area (Å²) in [5.41, 5.74) is 0.326. The van der Waals surface area contributed by atoms with Gasteiger partial charge >= 0.3 is 12.0 Å². The van der Waals surface area contributed by atoms with E-state index in [4.69, 9.17) is 0 Å². The van der Waals surface area contributed by atoms with Crippen molar-refractivity contribution in [3.05, 3.63) is 29.8 Å². The molecule has 0 aliphatic carbocycles. The Labute approximate surface area is 159 Å². The van der Waals surface area contributed by atoms with Crippen LogP contribution in [-0.2, 0) is 4.79 Å². The first-order chi connectivity index (χ1) is 12.9. The summed E-state index contributed by atoms with van der Waals surface area (Å²) in [6, 6.07) is 6.58. The number of benzene rings is 1. The van der Waals surface area contributed by atoms with Crippen molar-refractivity contribution in [3.63, 3.8) is 0 Å². The van der Waals surface area contributed by atoms with E-state index < -0.39 is 11.4 Å². The number of aliphatic carboxylic acids is 1. The minimum atomic E-state index is -0.888. The Morgan fingerprint density at radius 3 is 2.15 bits per heavy atom. The van der Waals surface area contributed by atoms with Crippen LogP contribution in [0.25, 0.3) is 0 Å². The molecule has 0 bridgehead atoms. The summed E-state index contributed by atoms with van der Waals surface area (Å²) in [7, 11) is 0. The second-order valence-corrected chi connectivity index (χ2v) is 7.75. The Balaban J connectivity index is 1.58. The van der Waals surface area contributed by atoms with Gasteiger partial charge < -0.3 is 20.2 Å². The number of carboxylic acid groups (broad SMARTS) is 1.